The lowest BCUT2D eigenvalue weighted by Crippen LogP contribution is -2.37. The molecule has 0 aliphatic carbocycles. The minimum Gasteiger partial charge on any atom is -0.493 e. The first-order chi connectivity index (χ1) is 10.9. The third kappa shape index (κ3) is 3.27. The molecule has 0 saturated heterocycles. The molecule has 6 nitrogen and oxygen atoms in total. The van der Waals surface area contributed by atoms with Crippen LogP contribution in [0.25, 0.3) is 10.9 Å². The standard InChI is InChI=1S/C17H23N3O3/c1-4-10-17(23,11-5-2)16(22)19-18-14-12-8-6-7-9-13(12)20(3)15(14)21/h6-9,21,23H,4-5,10-11H2,1-3H3. The van der Waals surface area contributed by atoms with Crippen LogP contribution in [0.1, 0.15) is 39.5 Å². The molecule has 0 saturated carbocycles. The molecule has 0 bridgehead atoms. The number of azo groups is 1. The maximum atomic E-state index is 12.3. The number of benzene rings is 1. The van der Waals surface area contributed by atoms with Gasteiger partial charge in [0.2, 0.25) is 5.88 Å². The number of hydrogen-bond donors (Lipinski definition) is 2. The second-order valence-corrected chi connectivity index (χ2v) is 5.79. The monoisotopic (exact) mass is 317 g/mol. The highest BCUT2D eigenvalue weighted by molar-refractivity contribution is 5.95. The highest BCUT2D eigenvalue weighted by atomic mass is 16.3. The van der Waals surface area contributed by atoms with Gasteiger partial charge in [-0.3, -0.25) is 4.79 Å². The van der Waals surface area contributed by atoms with Gasteiger partial charge < -0.3 is 14.8 Å². The van der Waals surface area contributed by atoms with Gasteiger partial charge in [0.15, 0.2) is 5.69 Å². The molecule has 2 rings (SSSR count). The Labute approximate surface area is 135 Å². The van der Waals surface area contributed by atoms with Gasteiger partial charge in [0.05, 0.1) is 5.52 Å². The third-order valence-corrected chi connectivity index (χ3v) is 4.02. The lowest BCUT2D eigenvalue weighted by atomic mass is 9.92. The molecule has 124 valence electrons. The lowest BCUT2D eigenvalue weighted by Gasteiger charge is -2.22. The molecular weight excluding hydrogens is 294 g/mol. The Bertz CT molecular complexity index is 728. The van der Waals surface area contributed by atoms with E-state index in [4.69, 9.17) is 0 Å². The fraction of sp³-hybridized carbons (Fsp3) is 0.471. The van der Waals surface area contributed by atoms with E-state index in [9.17, 15) is 15.0 Å². The van der Waals surface area contributed by atoms with Gasteiger partial charge in [0.25, 0.3) is 5.91 Å². The molecule has 2 N–H and O–H groups in total. The minimum atomic E-state index is -1.48. The number of aliphatic hydroxyl groups is 1. The molecule has 0 radical (unpaired) electrons. The van der Waals surface area contributed by atoms with Crippen LogP contribution in [0.5, 0.6) is 5.88 Å². The van der Waals surface area contributed by atoms with Gasteiger partial charge >= 0.3 is 0 Å². The molecule has 1 amide bonds. The van der Waals surface area contributed by atoms with Crippen LogP contribution in [-0.2, 0) is 11.8 Å². The van der Waals surface area contributed by atoms with Crippen LogP contribution in [0.3, 0.4) is 0 Å². The Morgan fingerprint density at radius 1 is 1.22 bits per heavy atom. The second kappa shape index (κ2) is 6.91. The summed E-state index contributed by atoms with van der Waals surface area (Å²) in [6.07, 6.45) is 2.05. The number of amides is 1. The molecule has 0 aliphatic rings. The fourth-order valence-electron chi connectivity index (χ4n) is 2.81. The zero-order valence-corrected chi connectivity index (χ0v) is 13.8. The quantitative estimate of drug-likeness (QED) is 0.794. The second-order valence-electron chi connectivity index (χ2n) is 5.79. The summed E-state index contributed by atoms with van der Waals surface area (Å²) in [5, 5.41) is 29.0. The number of fused-ring (bicyclic) bond motifs is 1. The van der Waals surface area contributed by atoms with Gasteiger partial charge in [-0.1, -0.05) is 44.9 Å². The third-order valence-electron chi connectivity index (χ3n) is 4.02. The number of nitrogens with zero attached hydrogens (tertiary/aromatic N) is 3. The van der Waals surface area contributed by atoms with E-state index >= 15 is 0 Å². The summed E-state index contributed by atoms with van der Waals surface area (Å²) in [7, 11) is 1.71. The molecular formula is C17H23N3O3. The van der Waals surface area contributed by atoms with E-state index in [0.717, 1.165) is 5.52 Å². The zero-order valence-electron chi connectivity index (χ0n) is 13.8. The number of rotatable bonds is 6. The summed E-state index contributed by atoms with van der Waals surface area (Å²) in [5.74, 6) is -0.717. The molecule has 0 aliphatic heterocycles. The molecule has 0 spiro atoms. The highest BCUT2D eigenvalue weighted by Gasteiger charge is 2.34. The van der Waals surface area contributed by atoms with Crippen molar-refractivity contribution in [3.05, 3.63) is 24.3 Å². The molecule has 0 atom stereocenters. The first-order valence-corrected chi connectivity index (χ1v) is 7.89. The molecule has 1 aromatic heterocycles. The van der Waals surface area contributed by atoms with Crippen molar-refractivity contribution in [3.8, 4) is 5.88 Å². The van der Waals surface area contributed by atoms with Crippen LogP contribution in [0, 0.1) is 0 Å². The predicted molar refractivity (Wildman–Crippen MR) is 88.9 cm³/mol. The molecule has 2 aromatic rings. The van der Waals surface area contributed by atoms with E-state index in [0.29, 0.717) is 31.1 Å². The Morgan fingerprint density at radius 2 is 1.83 bits per heavy atom. The maximum absolute atomic E-state index is 12.3. The van der Waals surface area contributed by atoms with E-state index in [1.165, 1.54) is 0 Å². The average molecular weight is 317 g/mol. The average Bonchev–Trinajstić information content (AvgIpc) is 2.77. The number of hydrogen-bond acceptors (Lipinski definition) is 4. The Kier molecular flexibility index (Phi) is 5.15. The van der Waals surface area contributed by atoms with Crippen molar-refractivity contribution in [2.45, 2.75) is 45.1 Å². The first-order valence-electron chi connectivity index (χ1n) is 7.89. The highest BCUT2D eigenvalue weighted by Crippen LogP contribution is 2.38. The number of carbonyl (C=O) groups excluding carboxylic acids is 1. The maximum Gasteiger partial charge on any atom is 0.296 e. The summed E-state index contributed by atoms with van der Waals surface area (Å²) < 4.78 is 1.58. The van der Waals surface area contributed by atoms with Gasteiger partial charge in [0.1, 0.15) is 5.60 Å². The van der Waals surface area contributed by atoms with Crippen molar-refractivity contribution < 1.29 is 15.0 Å². The molecule has 0 unspecified atom stereocenters. The van der Waals surface area contributed by atoms with Gasteiger partial charge in [-0.25, -0.2) is 0 Å². The van der Waals surface area contributed by atoms with Crippen molar-refractivity contribution in [1.82, 2.24) is 4.57 Å². The number of para-hydroxylation sites is 1. The van der Waals surface area contributed by atoms with Crippen molar-refractivity contribution in [1.29, 1.82) is 0 Å². The molecule has 6 heteroatoms. The van der Waals surface area contributed by atoms with Gasteiger partial charge in [0, 0.05) is 12.4 Å². The van der Waals surface area contributed by atoms with E-state index in [-0.39, 0.29) is 11.6 Å². The van der Waals surface area contributed by atoms with Crippen LogP contribution in [0.15, 0.2) is 34.5 Å². The number of aromatic hydroxyl groups is 1. The Balaban J connectivity index is 2.36. The summed E-state index contributed by atoms with van der Waals surface area (Å²) >= 11 is 0. The Hall–Kier alpha value is -2.21. The van der Waals surface area contributed by atoms with Gasteiger partial charge in [-0.2, -0.15) is 0 Å². The van der Waals surface area contributed by atoms with Crippen LogP contribution < -0.4 is 0 Å². The molecule has 23 heavy (non-hydrogen) atoms. The summed E-state index contributed by atoms with van der Waals surface area (Å²) in [5.41, 5.74) is -0.441. The molecule has 1 aromatic carbocycles. The summed E-state index contributed by atoms with van der Waals surface area (Å²) in [6, 6.07) is 7.33. The first kappa shape index (κ1) is 17.1. The van der Waals surface area contributed by atoms with Crippen LogP contribution >= 0.6 is 0 Å². The molecule has 0 fully saturated rings. The summed E-state index contributed by atoms with van der Waals surface area (Å²) in [4.78, 5) is 12.3. The van der Waals surface area contributed by atoms with E-state index in [1.807, 2.05) is 32.0 Å². The van der Waals surface area contributed by atoms with E-state index in [1.54, 1.807) is 17.7 Å². The van der Waals surface area contributed by atoms with E-state index < -0.39 is 11.5 Å². The predicted octanol–water partition coefficient (Wildman–Crippen LogP) is 3.83. The van der Waals surface area contributed by atoms with Crippen LogP contribution in [0.2, 0.25) is 0 Å². The van der Waals surface area contributed by atoms with Gasteiger partial charge in [-0.15, -0.1) is 10.2 Å². The van der Waals surface area contributed by atoms with Crippen molar-refractivity contribution in [2.75, 3.05) is 0 Å². The number of aryl methyl sites for hydroxylation is 1. The van der Waals surface area contributed by atoms with Crippen molar-refractivity contribution in [2.24, 2.45) is 17.3 Å². The molecule has 1 heterocycles. The fourth-order valence-corrected chi connectivity index (χ4v) is 2.81. The van der Waals surface area contributed by atoms with Crippen molar-refractivity contribution in [3.63, 3.8) is 0 Å². The lowest BCUT2D eigenvalue weighted by molar-refractivity contribution is -0.138. The van der Waals surface area contributed by atoms with Crippen LogP contribution in [-0.4, -0.2) is 26.3 Å². The summed E-state index contributed by atoms with van der Waals surface area (Å²) in [6.45, 7) is 3.81. The van der Waals surface area contributed by atoms with Gasteiger partial charge in [-0.05, 0) is 18.9 Å². The van der Waals surface area contributed by atoms with Crippen molar-refractivity contribution >= 4 is 22.5 Å². The SMILES string of the molecule is CCCC(O)(CCC)C(=O)N=Nc1c(O)n(C)c2ccccc12. The number of carbonyl (C=O) groups is 1. The Morgan fingerprint density at radius 3 is 2.43 bits per heavy atom. The number of aromatic nitrogens is 1. The normalized spacial score (nSPS) is 12.3. The smallest absolute Gasteiger partial charge is 0.296 e. The van der Waals surface area contributed by atoms with E-state index in [2.05, 4.69) is 10.2 Å². The minimum absolute atomic E-state index is 0.0581. The van der Waals surface area contributed by atoms with Crippen LogP contribution in [0.4, 0.5) is 5.69 Å². The topological polar surface area (TPSA) is 87.2 Å². The largest absolute Gasteiger partial charge is 0.493 e. The zero-order chi connectivity index (χ0) is 17.0.